The number of hydrogen-bond acceptors (Lipinski definition) is 12. The van der Waals surface area contributed by atoms with Gasteiger partial charge in [0.15, 0.2) is 11.5 Å². The summed E-state index contributed by atoms with van der Waals surface area (Å²) in [6.07, 6.45) is -0.309. The molecule has 2 saturated heterocycles. The van der Waals surface area contributed by atoms with Crippen LogP contribution in [0.1, 0.15) is 60.8 Å². The summed E-state index contributed by atoms with van der Waals surface area (Å²) < 4.78 is 12.8. The molecule has 0 saturated carbocycles. The van der Waals surface area contributed by atoms with Crippen LogP contribution in [0, 0.1) is 0 Å². The zero-order valence-corrected chi connectivity index (χ0v) is 39.6. The molecule has 10 nitrogen and oxygen atoms in total. The topological polar surface area (TPSA) is 89.6 Å². The molecular weight excluding hydrogens is 861 g/mol. The first-order valence-electron chi connectivity index (χ1n) is 23.0. The maximum absolute atomic E-state index is 14.0. The monoisotopic (exact) mass is 916 g/mol. The Labute approximate surface area is 396 Å². The van der Waals surface area contributed by atoms with Crippen molar-refractivity contribution < 1.29 is 19.1 Å². The number of carbonyl (C=O) groups is 2. The number of nitrogens with one attached hydrogen (secondary N) is 2. The molecule has 0 spiro atoms. The molecule has 4 heterocycles. The van der Waals surface area contributed by atoms with E-state index in [1.54, 1.807) is 23.5 Å². The predicted molar refractivity (Wildman–Crippen MR) is 268 cm³/mol. The van der Waals surface area contributed by atoms with Crippen molar-refractivity contribution in [3.8, 4) is 11.5 Å². The van der Waals surface area contributed by atoms with Crippen LogP contribution < -0.4 is 29.9 Å². The van der Waals surface area contributed by atoms with Gasteiger partial charge in [-0.1, -0.05) is 98.0 Å². The molecule has 10 rings (SSSR count). The molecule has 12 heteroatoms. The molecule has 4 aliphatic heterocycles. The van der Waals surface area contributed by atoms with Crippen LogP contribution in [0.25, 0.3) is 0 Å². The van der Waals surface area contributed by atoms with Crippen molar-refractivity contribution in [1.82, 2.24) is 9.80 Å². The summed E-state index contributed by atoms with van der Waals surface area (Å²) in [5.74, 6) is -0.216. The Hall–Kier alpha value is -5.92. The highest BCUT2D eigenvalue weighted by atomic mass is 32.2. The molecule has 0 aliphatic carbocycles. The number of benzene rings is 6. The van der Waals surface area contributed by atoms with Crippen LogP contribution in [0.3, 0.4) is 0 Å². The third kappa shape index (κ3) is 9.24. The fourth-order valence-corrected chi connectivity index (χ4v) is 11.3. The standard InChI is InChI=1S/C54H56N6O4S2/c1-35(37-13-17-39(18-14-37)59-31-27-57(3)28-32-59)41-21-23-47-51(55-43-9-5-7-11-45(43)65-47)53(41)63-49(61)25-26-50(62)64-54-42(22-24-48-52(54)56-44-10-6-8-12-46(44)66-48)36(2)38-15-19-40(20-16-38)60-33-29-58(4)30-34-60/h5-24,35-36,55-56H,25-34H2,1-4H3. The molecule has 2 N–H and O–H groups in total. The summed E-state index contributed by atoms with van der Waals surface area (Å²) in [4.78, 5) is 41.8. The van der Waals surface area contributed by atoms with Crippen molar-refractivity contribution in [2.45, 2.75) is 58.1 Å². The summed E-state index contributed by atoms with van der Waals surface area (Å²) in [5, 5.41) is 7.18. The van der Waals surface area contributed by atoms with Crippen LogP contribution >= 0.6 is 23.5 Å². The molecule has 2 fully saturated rings. The van der Waals surface area contributed by atoms with Crippen molar-refractivity contribution in [3.63, 3.8) is 0 Å². The number of piperazine rings is 2. The van der Waals surface area contributed by atoms with Crippen LogP contribution in [0.2, 0.25) is 0 Å². The summed E-state index contributed by atoms with van der Waals surface area (Å²) in [6, 6.07) is 42.2. The van der Waals surface area contributed by atoms with Crippen LogP contribution in [0.5, 0.6) is 11.5 Å². The molecular formula is C54H56N6O4S2. The number of likely N-dealkylation sites (N-methyl/N-ethyl adjacent to an activating group) is 2. The molecule has 0 bridgehead atoms. The van der Waals surface area contributed by atoms with E-state index < -0.39 is 11.9 Å². The van der Waals surface area contributed by atoms with Crippen molar-refractivity contribution in [2.24, 2.45) is 0 Å². The normalized spacial score (nSPS) is 16.7. The number of rotatable bonds is 11. The average Bonchev–Trinajstić information content (AvgIpc) is 3.35. The van der Waals surface area contributed by atoms with Crippen molar-refractivity contribution in [1.29, 1.82) is 0 Å². The van der Waals surface area contributed by atoms with Crippen molar-refractivity contribution >= 4 is 69.6 Å². The van der Waals surface area contributed by atoms with E-state index >= 15 is 0 Å². The summed E-state index contributed by atoms with van der Waals surface area (Å²) in [5.41, 5.74) is 9.85. The van der Waals surface area contributed by atoms with Crippen molar-refractivity contribution in [3.05, 3.63) is 144 Å². The number of para-hydroxylation sites is 2. The summed E-state index contributed by atoms with van der Waals surface area (Å²) in [7, 11) is 4.34. The van der Waals surface area contributed by atoms with Gasteiger partial charge in [0, 0.05) is 106 Å². The van der Waals surface area contributed by atoms with Gasteiger partial charge in [0.25, 0.3) is 0 Å². The molecule has 2 atom stereocenters. The molecule has 4 aliphatic rings. The molecule has 6 aromatic rings. The van der Waals surface area contributed by atoms with Crippen LogP contribution in [-0.2, 0) is 9.59 Å². The Morgan fingerprint density at radius 2 is 0.879 bits per heavy atom. The Morgan fingerprint density at radius 1 is 0.500 bits per heavy atom. The Balaban J connectivity index is 0.887. The van der Waals surface area contributed by atoms with Crippen LogP contribution in [0.15, 0.2) is 141 Å². The van der Waals surface area contributed by atoms with Gasteiger partial charge in [0.1, 0.15) is 0 Å². The lowest BCUT2D eigenvalue weighted by Gasteiger charge is -2.34. The minimum atomic E-state index is -0.503. The minimum Gasteiger partial charge on any atom is -0.424 e. The number of esters is 2. The third-order valence-electron chi connectivity index (χ3n) is 13.5. The predicted octanol–water partition coefficient (Wildman–Crippen LogP) is 11.2. The number of fused-ring (bicyclic) bond motifs is 4. The lowest BCUT2D eigenvalue weighted by Crippen LogP contribution is -2.44. The Bertz CT molecular complexity index is 2560. The van der Waals surface area contributed by atoms with Gasteiger partial charge in [-0.25, -0.2) is 0 Å². The highest BCUT2D eigenvalue weighted by molar-refractivity contribution is 8.00. The van der Waals surface area contributed by atoms with E-state index in [2.05, 4.69) is 143 Å². The molecule has 66 heavy (non-hydrogen) atoms. The zero-order valence-electron chi connectivity index (χ0n) is 38.0. The SMILES string of the molecule is CC(c1ccc(N2CCN(C)CC2)cc1)c1ccc2c(c1OC(=O)CCC(=O)Oc1c(C(C)c3ccc(N4CCN(C)CC4)cc3)ccc3c1Nc1ccccc1S3)Nc1ccccc1S2. The van der Waals surface area contributed by atoms with E-state index in [0.29, 0.717) is 11.5 Å². The number of carbonyl (C=O) groups excluding carboxylic acids is 2. The Morgan fingerprint density at radius 3 is 1.27 bits per heavy atom. The van der Waals surface area contributed by atoms with Gasteiger partial charge in [-0.3, -0.25) is 9.59 Å². The second kappa shape index (κ2) is 19.1. The smallest absolute Gasteiger partial charge is 0.311 e. The van der Waals surface area contributed by atoms with E-state index in [0.717, 1.165) is 117 Å². The van der Waals surface area contributed by atoms with E-state index in [1.165, 1.54) is 11.4 Å². The maximum atomic E-state index is 14.0. The zero-order chi connectivity index (χ0) is 45.3. The number of anilines is 6. The first kappa shape index (κ1) is 43.9. The number of hydrogen-bond donors (Lipinski definition) is 2. The molecule has 6 aromatic carbocycles. The average molecular weight is 917 g/mol. The minimum absolute atomic E-state index is 0.0864. The Kier molecular flexibility index (Phi) is 12.7. The van der Waals surface area contributed by atoms with E-state index in [1.807, 2.05) is 36.4 Å². The van der Waals surface area contributed by atoms with Crippen LogP contribution in [-0.4, -0.2) is 88.2 Å². The number of nitrogens with zero attached hydrogens (tertiary/aromatic N) is 4. The highest BCUT2D eigenvalue weighted by Crippen LogP contribution is 2.52. The second-order valence-electron chi connectivity index (χ2n) is 17.8. The first-order valence-corrected chi connectivity index (χ1v) is 24.7. The fraction of sp³-hybridized carbons (Fsp3) is 0.296. The lowest BCUT2D eigenvalue weighted by molar-refractivity contribution is -0.140. The summed E-state index contributed by atoms with van der Waals surface area (Å²) >= 11 is 3.29. The van der Waals surface area contributed by atoms with Gasteiger partial charge in [0.2, 0.25) is 0 Å². The van der Waals surface area contributed by atoms with Gasteiger partial charge in [-0.15, -0.1) is 0 Å². The first-order chi connectivity index (χ1) is 32.1. The van der Waals surface area contributed by atoms with Gasteiger partial charge >= 0.3 is 11.9 Å². The van der Waals surface area contributed by atoms with Crippen molar-refractivity contribution in [2.75, 3.05) is 86.9 Å². The molecule has 2 unspecified atom stereocenters. The molecule has 0 amide bonds. The van der Waals surface area contributed by atoms with E-state index in [4.69, 9.17) is 9.47 Å². The van der Waals surface area contributed by atoms with Gasteiger partial charge in [-0.05, 0) is 85.9 Å². The van der Waals surface area contributed by atoms with E-state index in [9.17, 15) is 9.59 Å². The van der Waals surface area contributed by atoms with Gasteiger partial charge < -0.3 is 39.7 Å². The molecule has 0 aromatic heterocycles. The van der Waals surface area contributed by atoms with Gasteiger partial charge in [-0.2, -0.15) is 0 Å². The van der Waals surface area contributed by atoms with E-state index in [-0.39, 0.29) is 24.7 Å². The second-order valence-corrected chi connectivity index (χ2v) is 20.0. The maximum Gasteiger partial charge on any atom is 0.311 e. The fourth-order valence-electron chi connectivity index (χ4n) is 9.26. The molecule has 338 valence electrons. The third-order valence-corrected chi connectivity index (χ3v) is 15.7. The molecule has 0 radical (unpaired) electrons. The number of ether oxygens (including phenoxy) is 2. The quantitative estimate of drug-likeness (QED) is 0.0956. The largest absolute Gasteiger partial charge is 0.424 e. The summed E-state index contributed by atoms with van der Waals surface area (Å²) in [6.45, 7) is 12.5. The van der Waals surface area contributed by atoms with Gasteiger partial charge in [0.05, 0.1) is 35.6 Å². The lowest BCUT2D eigenvalue weighted by atomic mass is 9.91. The highest BCUT2D eigenvalue weighted by Gasteiger charge is 2.29. The van der Waals surface area contributed by atoms with Crippen LogP contribution in [0.4, 0.5) is 34.1 Å².